The van der Waals surface area contributed by atoms with Gasteiger partial charge >= 0.3 is 0 Å². The van der Waals surface area contributed by atoms with E-state index in [4.69, 9.17) is 10.5 Å². The molecule has 1 atom stereocenters. The van der Waals surface area contributed by atoms with Crippen molar-refractivity contribution in [2.45, 2.75) is 31.6 Å². The Kier molecular flexibility index (Phi) is 4.49. The lowest BCUT2D eigenvalue weighted by molar-refractivity contribution is 0.713. The maximum Gasteiger partial charge on any atom is 0.100 e. The minimum atomic E-state index is -1.25. The molecular weight excluding hydrogens is 224 g/mol. The van der Waals surface area contributed by atoms with Crippen LogP contribution in [-0.4, -0.2) is 8.07 Å². The monoisotopic (exact) mass is 242 g/mol. The van der Waals surface area contributed by atoms with Gasteiger partial charge in [0, 0.05) is 0 Å². The number of nitrogens with zero attached hydrogens (tertiary/aromatic N) is 2. The van der Waals surface area contributed by atoms with Crippen LogP contribution in [0, 0.1) is 28.6 Å². The van der Waals surface area contributed by atoms with Crippen LogP contribution in [0.1, 0.15) is 6.42 Å². The first-order valence-electron chi connectivity index (χ1n) is 5.86. The van der Waals surface area contributed by atoms with Crippen molar-refractivity contribution in [3.63, 3.8) is 0 Å². The Morgan fingerprint density at radius 3 is 2.59 bits per heavy atom. The van der Waals surface area contributed by atoms with E-state index in [9.17, 15) is 0 Å². The molecule has 3 heteroatoms. The highest BCUT2D eigenvalue weighted by Crippen LogP contribution is 2.30. The maximum atomic E-state index is 9.00. The molecule has 0 aliphatic heterocycles. The van der Waals surface area contributed by atoms with Crippen molar-refractivity contribution < 1.29 is 0 Å². The van der Waals surface area contributed by atoms with Crippen LogP contribution in [0.2, 0.25) is 25.2 Å². The number of hydrogen-bond donors (Lipinski definition) is 0. The molecule has 1 unspecified atom stereocenters. The molecule has 1 aliphatic rings. The first-order valence-corrected chi connectivity index (χ1v) is 9.27. The molecule has 0 spiro atoms. The van der Waals surface area contributed by atoms with Crippen LogP contribution in [0.5, 0.6) is 0 Å². The van der Waals surface area contributed by atoms with E-state index < -0.39 is 8.07 Å². The topological polar surface area (TPSA) is 47.6 Å². The first kappa shape index (κ1) is 13.5. The summed E-state index contributed by atoms with van der Waals surface area (Å²) in [6.45, 7) is 8.50. The summed E-state index contributed by atoms with van der Waals surface area (Å²) in [6, 6.07) is 6.45. The van der Waals surface area contributed by atoms with E-state index in [0.717, 1.165) is 18.5 Å². The molecule has 1 rings (SSSR count). The lowest BCUT2D eigenvalue weighted by Gasteiger charge is -2.26. The van der Waals surface area contributed by atoms with Gasteiger partial charge in [0.2, 0.25) is 0 Å². The van der Waals surface area contributed by atoms with E-state index in [2.05, 4.69) is 31.8 Å². The molecule has 0 saturated heterocycles. The lowest BCUT2D eigenvalue weighted by Crippen LogP contribution is -2.27. The second-order valence-electron chi connectivity index (χ2n) is 5.28. The molecule has 1 aliphatic carbocycles. The molecule has 0 aromatic heterocycles. The zero-order valence-electron chi connectivity index (χ0n) is 10.5. The Balaban J connectivity index is 2.76. The number of allylic oxidation sites excluding steroid dienone is 5. The van der Waals surface area contributed by atoms with Crippen LogP contribution in [0.15, 0.2) is 36.0 Å². The van der Waals surface area contributed by atoms with Crippen molar-refractivity contribution in [1.82, 2.24) is 0 Å². The molecule has 2 nitrogen and oxygen atoms in total. The van der Waals surface area contributed by atoms with Crippen molar-refractivity contribution in [3.05, 3.63) is 36.0 Å². The second kappa shape index (κ2) is 5.66. The molecule has 0 fully saturated rings. The van der Waals surface area contributed by atoms with Gasteiger partial charge in [-0.15, -0.1) is 6.58 Å². The highest BCUT2D eigenvalue weighted by Gasteiger charge is 2.25. The van der Waals surface area contributed by atoms with Crippen molar-refractivity contribution in [2.24, 2.45) is 5.92 Å². The predicted molar refractivity (Wildman–Crippen MR) is 72.8 cm³/mol. The van der Waals surface area contributed by atoms with Gasteiger partial charge in [0.15, 0.2) is 0 Å². The lowest BCUT2D eigenvalue weighted by atomic mass is 9.93. The first-order chi connectivity index (χ1) is 8.02. The van der Waals surface area contributed by atoms with Gasteiger partial charge in [-0.2, -0.15) is 10.5 Å². The van der Waals surface area contributed by atoms with E-state index in [1.54, 1.807) is 0 Å². The summed E-state index contributed by atoms with van der Waals surface area (Å²) in [6.07, 6.45) is 6.78. The van der Waals surface area contributed by atoms with Crippen molar-refractivity contribution >= 4 is 8.07 Å². The summed E-state index contributed by atoms with van der Waals surface area (Å²) < 4.78 is 0. The van der Waals surface area contributed by atoms with Crippen LogP contribution in [0.4, 0.5) is 0 Å². The molecule has 0 N–H and O–H groups in total. The summed E-state index contributed by atoms with van der Waals surface area (Å²) in [5, 5.41) is 17.9. The summed E-state index contributed by atoms with van der Waals surface area (Å²) in [4.78, 5) is 0. The molecule has 17 heavy (non-hydrogen) atoms. The average molecular weight is 242 g/mol. The van der Waals surface area contributed by atoms with Crippen molar-refractivity contribution in [1.29, 1.82) is 10.5 Å². The highest BCUT2D eigenvalue weighted by atomic mass is 28.3. The minimum Gasteiger partial charge on any atom is -0.192 e. The zero-order chi connectivity index (χ0) is 12.9. The van der Waals surface area contributed by atoms with Gasteiger partial charge in [0.1, 0.15) is 12.1 Å². The third kappa shape index (κ3) is 3.73. The quantitative estimate of drug-likeness (QED) is 0.556. The number of hydrogen-bond acceptors (Lipinski definition) is 2. The third-order valence-corrected chi connectivity index (χ3v) is 6.09. The second-order valence-corrected chi connectivity index (χ2v) is 10.4. The van der Waals surface area contributed by atoms with Gasteiger partial charge < -0.3 is 0 Å². The van der Waals surface area contributed by atoms with Gasteiger partial charge in [-0.1, -0.05) is 37.4 Å². The van der Waals surface area contributed by atoms with E-state index in [1.807, 2.05) is 18.2 Å². The number of rotatable bonds is 4. The largest absolute Gasteiger partial charge is 0.192 e. The van der Waals surface area contributed by atoms with Gasteiger partial charge in [-0.3, -0.25) is 0 Å². The SMILES string of the molecule is C=CC[Si](C)(C)CC1C=C(C#N)C(C#N)=CC1. The molecule has 0 saturated carbocycles. The van der Waals surface area contributed by atoms with Crippen LogP contribution >= 0.6 is 0 Å². The Morgan fingerprint density at radius 2 is 2.06 bits per heavy atom. The van der Waals surface area contributed by atoms with Gasteiger partial charge in [0.05, 0.1) is 19.2 Å². The smallest absolute Gasteiger partial charge is 0.100 e. The Morgan fingerprint density at radius 1 is 1.41 bits per heavy atom. The molecule has 0 bridgehead atoms. The molecular formula is C14H18N2Si. The van der Waals surface area contributed by atoms with Gasteiger partial charge in [-0.25, -0.2) is 0 Å². The molecule has 0 heterocycles. The Hall–Kier alpha value is -1.58. The minimum absolute atomic E-state index is 0.420. The molecule has 88 valence electrons. The van der Waals surface area contributed by atoms with Crippen LogP contribution < -0.4 is 0 Å². The fourth-order valence-electron chi connectivity index (χ4n) is 2.30. The summed E-state index contributed by atoms with van der Waals surface area (Å²) >= 11 is 0. The van der Waals surface area contributed by atoms with Gasteiger partial charge in [-0.05, 0) is 18.4 Å². The van der Waals surface area contributed by atoms with Crippen molar-refractivity contribution in [3.8, 4) is 12.1 Å². The average Bonchev–Trinajstić information content (AvgIpc) is 2.28. The van der Waals surface area contributed by atoms with E-state index >= 15 is 0 Å². The van der Waals surface area contributed by atoms with Crippen LogP contribution in [0.3, 0.4) is 0 Å². The van der Waals surface area contributed by atoms with Gasteiger partial charge in [0.25, 0.3) is 0 Å². The van der Waals surface area contributed by atoms with E-state index in [1.165, 1.54) is 0 Å². The summed E-state index contributed by atoms with van der Waals surface area (Å²) in [5.41, 5.74) is 1.08. The summed E-state index contributed by atoms with van der Waals surface area (Å²) in [7, 11) is -1.25. The van der Waals surface area contributed by atoms with E-state index in [0.29, 0.717) is 17.1 Å². The Labute approximate surface area is 105 Å². The number of nitriles is 2. The fourth-order valence-corrected chi connectivity index (χ4v) is 4.95. The molecule has 0 aromatic carbocycles. The Bertz CT molecular complexity index is 444. The highest BCUT2D eigenvalue weighted by molar-refractivity contribution is 6.77. The predicted octanol–water partition coefficient (Wildman–Crippen LogP) is 3.80. The summed E-state index contributed by atoms with van der Waals surface area (Å²) in [5.74, 6) is 0.420. The zero-order valence-corrected chi connectivity index (χ0v) is 11.5. The third-order valence-electron chi connectivity index (χ3n) is 3.07. The van der Waals surface area contributed by atoms with E-state index in [-0.39, 0.29) is 0 Å². The molecule has 0 aromatic rings. The molecule has 0 amide bonds. The van der Waals surface area contributed by atoms with Crippen LogP contribution in [-0.2, 0) is 0 Å². The van der Waals surface area contributed by atoms with Crippen LogP contribution in [0.25, 0.3) is 0 Å². The normalized spacial score (nSPS) is 19.6. The maximum absolute atomic E-state index is 9.00. The standard InChI is InChI=1S/C14H18N2Si/c1-4-7-17(2,3)11-12-5-6-13(9-15)14(8-12)10-16/h4,6,8,12H,1,5,7,11H2,2-3H3. The van der Waals surface area contributed by atoms with Crippen molar-refractivity contribution in [2.75, 3.05) is 0 Å². The fraction of sp³-hybridized carbons (Fsp3) is 0.429. The molecule has 0 radical (unpaired) electrons.